The molecule has 0 aliphatic heterocycles. The summed E-state index contributed by atoms with van der Waals surface area (Å²) < 4.78 is 7.04. The lowest BCUT2D eigenvalue weighted by Crippen LogP contribution is -2.35. The highest BCUT2D eigenvalue weighted by Crippen LogP contribution is 2.24. The lowest BCUT2D eigenvalue weighted by molar-refractivity contribution is 0.300. The van der Waals surface area contributed by atoms with Crippen LogP contribution in [0.5, 0.6) is 5.75 Å². The summed E-state index contributed by atoms with van der Waals surface area (Å²) in [6.07, 6.45) is 6.56. The number of rotatable bonds is 9. The first-order valence-electron chi connectivity index (χ1n) is 7.69. The van der Waals surface area contributed by atoms with Gasteiger partial charge < -0.3 is 10.1 Å². The van der Waals surface area contributed by atoms with E-state index < -0.39 is 0 Å². The minimum absolute atomic E-state index is 0.101. The Hall–Kier alpha value is -0.800. The third kappa shape index (κ3) is 8.27. The van der Waals surface area contributed by atoms with Crippen LogP contribution in [-0.4, -0.2) is 12.1 Å². The van der Waals surface area contributed by atoms with Crippen molar-refractivity contribution >= 4 is 15.9 Å². The molecule has 3 heteroatoms. The maximum atomic E-state index is 5.95. The van der Waals surface area contributed by atoms with Gasteiger partial charge in [0.2, 0.25) is 0 Å². The smallest absolute Gasteiger partial charge is 0.123 e. The monoisotopic (exact) mass is 353 g/mol. The summed E-state index contributed by atoms with van der Waals surface area (Å²) in [5, 5.41) is 3.51. The molecule has 0 heterocycles. The quantitative estimate of drug-likeness (QED) is 0.469. The number of ether oxygens (including phenoxy) is 1. The predicted octanol–water partition coefficient (Wildman–Crippen LogP) is 5.46. The van der Waals surface area contributed by atoms with Gasteiger partial charge in [-0.25, -0.2) is 0 Å². The van der Waals surface area contributed by atoms with Crippen LogP contribution < -0.4 is 10.1 Å². The van der Waals surface area contributed by atoms with Crippen molar-refractivity contribution in [2.75, 3.05) is 6.61 Å². The molecule has 2 nitrogen and oxygen atoms in total. The van der Waals surface area contributed by atoms with Crippen molar-refractivity contribution in [2.24, 2.45) is 0 Å². The molecule has 0 spiro atoms. The fourth-order valence-electron chi connectivity index (χ4n) is 1.94. The number of benzene rings is 1. The fourth-order valence-corrected chi connectivity index (χ4v) is 2.35. The molecule has 0 unspecified atom stereocenters. The minimum Gasteiger partial charge on any atom is -0.493 e. The molecule has 0 aromatic heterocycles. The third-order valence-corrected chi connectivity index (χ3v) is 3.64. The molecule has 0 fully saturated rings. The molecular weight excluding hydrogens is 326 g/mol. The van der Waals surface area contributed by atoms with Crippen LogP contribution in [0.2, 0.25) is 0 Å². The summed E-state index contributed by atoms with van der Waals surface area (Å²) in [5.74, 6) is 0.985. The summed E-state index contributed by atoms with van der Waals surface area (Å²) in [4.78, 5) is 0. The molecule has 1 rings (SSSR count). The highest BCUT2D eigenvalue weighted by atomic mass is 79.9. The second-order valence-electron chi connectivity index (χ2n) is 6.34. The molecule has 0 atom stereocenters. The van der Waals surface area contributed by atoms with E-state index in [1.54, 1.807) is 0 Å². The van der Waals surface area contributed by atoms with Gasteiger partial charge in [0.05, 0.1) is 6.61 Å². The maximum Gasteiger partial charge on any atom is 0.123 e. The van der Waals surface area contributed by atoms with Gasteiger partial charge in [-0.3, -0.25) is 0 Å². The maximum absolute atomic E-state index is 5.95. The van der Waals surface area contributed by atoms with Crippen molar-refractivity contribution in [3.8, 4) is 5.75 Å². The second-order valence-corrected chi connectivity index (χ2v) is 7.26. The molecule has 0 saturated heterocycles. The minimum atomic E-state index is 0.101. The van der Waals surface area contributed by atoms with Crippen LogP contribution in [0.1, 0.15) is 52.0 Å². The van der Waals surface area contributed by atoms with Crippen molar-refractivity contribution in [1.29, 1.82) is 0 Å². The zero-order valence-corrected chi connectivity index (χ0v) is 15.1. The molecule has 0 bridgehead atoms. The van der Waals surface area contributed by atoms with E-state index in [0.717, 1.165) is 36.2 Å². The molecule has 0 radical (unpaired) electrons. The molecule has 0 aliphatic carbocycles. The number of hydrogen-bond donors (Lipinski definition) is 1. The largest absolute Gasteiger partial charge is 0.493 e. The van der Waals surface area contributed by atoms with Gasteiger partial charge in [-0.2, -0.15) is 0 Å². The van der Waals surface area contributed by atoms with Crippen LogP contribution in [-0.2, 0) is 6.54 Å². The molecule has 0 aliphatic rings. The second kappa shape index (κ2) is 9.26. The lowest BCUT2D eigenvalue weighted by atomic mass is 10.1. The Kier molecular flexibility index (Phi) is 8.05. The van der Waals surface area contributed by atoms with E-state index in [1.165, 1.54) is 18.4 Å². The molecule has 0 amide bonds. The number of halogens is 1. The predicted molar refractivity (Wildman–Crippen MR) is 94.9 cm³/mol. The van der Waals surface area contributed by atoms with E-state index in [2.05, 4.69) is 54.7 Å². The van der Waals surface area contributed by atoms with E-state index in [9.17, 15) is 0 Å². The first-order chi connectivity index (χ1) is 9.92. The highest BCUT2D eigenvalue weighted by Gasteiger charge is 2.11. The Morgan fingerprint density at radius 1 is 1.24 bits per heavy atom. The van der Waals surface area contributed by atoms with Gasteiger partial charge >= 0.3 is 0 Å². The molecule has 118 valence electrons. The molecule has 1 N–H and O–H groups in total. The molecular formula is C18H28BrNO. The summed E-state index contributed by atoms with van der Waals surface area (Å²) in [7, 11) is 0. The van der Waals surface area contributed by atoms with Crippen LogP contribution in [0.15, 0.2) is 35.3 Å². The van der Waals surface area contributed by atoms with Crippen molar-refractivity contribution in [2.45, 2.75) is 58.5 Å². The number of unbranched alkanes of at least 4 members (excludes halogenated alkanes) is 3. The lowest BCUT2D eigenvalue weighted by Gasteiger charge is -2.22. The van der Waals surface area contributed by atoms with Gasteiger partial charge in [0, 0.05) is 22.1 Å². The van der Waals surface area contributed by atoms with Crippen molar-refractivity contribution in [3.05, 3.63) is 40.9 Å². The van der Waals surface area contributed by atoms with Crippen LogP contribution in [0.4, 0.5) is 0 Å². The van der Waals surface area contributed by atoms with Crippen molar-refractivity contribution in [1.82, 2.24) is 5.32 Å². The summed E-state index contributed by atoms with van der Waals surface area (Å²) in [6.45, 7) is 11.9. The number of allylic oxidation sites excluding steroid dienone is 1. The van der Waals surface area contributed by atoms with Crippen LogP contribution in [0, 0.1) is 0 Å². The van der Waals surface area contributed by atoms with Gasteiger partial charge in [-0.1, -0.05) is 22.0 Å². The standard InChI is InChI=1S/C18H28BrNO/c1-5-6-7-8-9-12-21-17-11-10-16(19)13-15(17)14-20-18(2,3)4/h5,10-11,13,20H,1,6-9,12,14H2,2-4H3. The van der Waals surface area contributed by atoms with Crippen molar-refractivity contribution in [3.63, 3.8) is 0 Å². The Bertz CT molecular complexity index is 437. The summed E-state index contributed by atoms with van der Waals surface area (Å²) in [5.41, 5.74) is 1.30. The van der Waals surface area contributed by atoms with E-state index >= 15 is 0 Å². The van der Waals surface area contributed by atoms with E-state index in [-0.39, 0.29) is 5.54 Å². The fraction of sp³-hybridized carbons (Fsp3) is 0.556. The van der Waals surface area contributed by atoms with Gasteiger partial charge in [0.25, 0.3) is 0 Å². The molecule has 0 saturated carbocycles. The van der Waals surface area contributed by atoms with Gasteiger partial charge in [-0.15, -0.1) is 6.58 Å². The van der Waals surface area contributed by atoms with Crippen LogP contribution >= 0.6 is 15.9 Å². The zero-order chi connectivity index (χ0) is 15.7. The topological polar surface area (TPSA) is 21.3 Å². The summed E-state index contributed by atoms with van der Waals surface area (Å²) in [6, 6.07) is 6.22. The Morgan fingerprint density at radius 2 is 2.00 bits per heavy atom. The van der Waals surface area contributed by atoms with Crippen LogP contribution in [0.3, 0.4) is 0 Å². The van der Waals surface area contributed by atoms with Gasteiger partial charge in [-0.05, 0) is 64.7 Å². The van der Waals surface area contributed by atoms with E-state index in [4.69, 9.17) is 4.74 Å². The average molecular weight is 354 g/mol. The SMILES string of the molecule is C=CCCCCCOc1ccc(Br)cc1CNC(C)(C)C. The molecule has 1 aromatic rings. The molecule has 1 aromatic carbocycles. The van der Waals surface area contributed by atoms with E-state index in [0.29, 0.717) is 0 Å². The Morgan fingerprint density at radius 3 is 2.67 bits per heavy atom. The Balaban J connectivity index is 2.50. The first kappa shape index (κ1) is 18.2. The third-order valence-electron chi connectivity index (χ3n) is 3.14. The van der Waals surface area contributed by atoms with Gasteiger partial charge in [0.15, 0.2) is 0 Å². The summed E-state index contributed by atoms with van der Waals surface area (Å²) >= 11 is 3.53. The number of hydrogen-bond acceptors (Lipinski definition) is 2. The van der Waals surface area contributed by atoms with Crippen LogP contribution in [0.25, 0.3) is 0 Å². The zero-order valence-electron chi connectivity index (χ0n) is 13.5. The number of nitrogens with one attached hydrogen (secondary N) is 1. The Labute approximate surface area is 138 Å². The van der Waals surface area contributed by atoms with Gasteiger partial charge in [0.1, 0.15) is 5.75 Å². The highest BCUT2D eigenvalue weighted by molar-refractivity contribution is 9.10. The van der Waals surface area contributed by atoms with E-state index in [1.807, 2.05) is 18.2 Å². The molecule has 21 heavy (non-hydrogen) atoms. The van der Waals surface area contributed by atoms with Crippen molar-refractivity contribution < 1.29 is 4.74 Å². The average Bonchev–Trinajstić information content (AvgIpc) is 2.41. The normalized spacial score (nSPS) is 11.4. The first-order valence-corrected chi connectivity index (χ1v) is 8.49.